The van der Waals surface area contributed by atoms with Crippen LogP contribution in [-0.4, -0.2) is 37.7 Å². The van der Waals surface area contributed by atoms with E-state index < -0.39 is 0 Å². The van der Waals surface area contributed by atoms with Gasteiger partial charge in [0.1, 0.15) is 11.9 Å². The highest BCUT2D eigenvalue weighted by atomic mass is 16.7. The van der Waals surface area contributed by atoms with Gasteiger partial charge in [-0.3, -0.25) is 0 Å². The van der Waals surface area contributed by atoms with Crippen molar-refractivity contribution in [1.29, 1.82) is 0 Å². The summed E-state index contributed by atoms with van der Waals surface area (Å²) in [7, 11) is 1.64. The lowest BCUT2D eigenvalue weighted by molar-refractivity contribution is -0.273. The Balaban J connectivity index is 1.03. The summed E-state index contributed by atoms with van der Waals surface area (Å²) in [4.78, 5) is 12.9. The molecule has 4 aliphatic carbocycles. The number of hydrogen-bond donors (Lipinski definition) is 0. The first-order chi connectivity index (χ1) is 19.2. The van der Waals surface area contributed by atoms with E-state index in [4.69, 9.17) is 18.9 Å². The van der Waals surface area contributed by atoms with Crippen LogP contribution in [0, 0.1) is 52.3 Å². The fourth-order valence-corrected chi connectivity index (χ4v) is 11.3. The summed E-state index contributed by atoms with van der Waals surface area (Å²) in [5.41, 5.74) is 1.35. The summed E-state index contributed by atoms with van der Waals surface area (Å²) >= 11 is 0. The van der Waals surface area contributed by atoms with E-state index in [-0.39, 0.29) is 17.9 Å². The molecule has 2 saturated heterocycles. The summed E-state index contributed by atoms with van der Waals surface area (Å²) in [5.74, 6) is 5.03. The van der Waals surface area contributed by atoms with Gasteiger partial charge in [0.25, 0.3) is 0 Å². The van der Waals surface area contributed by atoms with E-state index in [2.05, 4.69) is 27.7 Å². The van der Waals surface area contributed by atoms with Gasteiger partial charge < -0.3 is 18.9 Å². The number of rotatable bonds is 3. The molecule has 0 unspecified atom stereocenters. The van der Waals surface area contributed by atoms with Gasteiger partial charge in [-0.1, -0.05) is 27.7 Å². The Bertz CT molecular complexity index is 1110. The Labute approximate surface area is 241 Å². The number of benzene rings is 1. The largest absolute Gasteiger partial charge is 0.497 e. The summed E-state index contributed by atoms with van der Waals surface area (Å²) < 4.78 is 24.8. The molecule has 0 bridgehead atoms. The van der Waals surface area contributed by atoms with Crippen LogP contribution in [0.15, 0.2) is 24.3 Å². The predicted molar refractivity (Wildman–Crippen MR) is 154 cm³/mol. The molecule has 40 heavy (non-hydrogen) atoms. The standard InChI is InChI=1S/C35H50O5/c1-21-12-17-35(38-20-21)22(2)31-30(40-35)19-29-27-11-8-24-18-26(39-32(36)23-6-9-25(37-5)10-7-23)13-15-33(24,3)28(27)14-16-34(29,31)4/h6-7,9-10,21-22,24,26-31H,8,11-20H2,1-5H3/t21-,22-,24+,26+,27+,28-,29-,30-,31-,33+,34+,35+/m1/s1. The molecule has 7 rings (SSSR count). The third kappa shape index (κ3) is 4.03. The molecule has 1 aromatic carbocycles. The lowest BCUT2D eigenvalue weighted by Gasteiger charge is -2.61. The second-order valence-electron chi connectivity index (χ2n) is 15.2. The zero-order chi connectivity index (χ0) is 27.9. The normalized spacial score (nSPS) is 49.5. The molecule has 1 spiro atoms. The Kier molecular flexibility index (Phi) is 6.63. The van der Waals surface area contributed by atoms with Gasteiger partial charge in [0, 0.05) is 12.3 Å². The van der Waals surface area contributed by atoms with Gasteiger partial charge >= 0.3 is 5.97 Å². The maximum absolute atomic E-state index is 12.9. The Morgan fingerprint density at radius 2 is 1.68 bits per heavy atom. The SMILES string of the molecule is COc1ccc(C(=O)O[C@H]2CC[C@@]3(C)[C@@H](CC[C@H]4[C@H]3CC[C@]3(C)[C@@H]5[C@@H](C)[C@]6(CC[C@@H](C)CO6)O[C@@H]5C[C@H]43)C2)cc1. The molecule has 12 atom stereocenters. The molecule has 0 N–H and O–H groups in total. The van der Waals surface area contributed by atoms with Crippen molar-refractivity contribution in [1.82, 2.24) is 0 Å². The van der Waals surface area contributed by atoms with Crippen LogP contribution in [0.5, 0.6) is 5.75 Å². The van der Waals surface area contributed by atoms with Crippen molar-refractivity contribution in [2.75, 3.05) is 13.7 Å². The lowest BCUT2D eigenvalue weighted by atomic mass is 9.44. The molecule has 0 radical (unpaired) electrons. The fraction of sp³-hybridized carbons (Fsp3) is 0.800. The topological polar surface area (TPSA) is 54.0 Å². The highest BCUT2D eigenvalue weighted by Crippen LogP contribution is 2.71. The van der Waals surface area contributed by atoms with Crippen molar-refractivity contribution in [3.05, 3.63) is 29.8 Å². The fourth-order valence-electron chi connectivity index (χ4n) is 11.3. The number of hydrogen-bond acceptors (Lipinski definition) is 5. The molecule has 1 aromatic rings. The minimum Gasteiger partial charge on any atom is -0.497 e. The molecule has 5 heteroatoms. The maximum Gasteiger partial charge on any atom is 0.338 e. The number of ether oxygens (including phenoxy) is 4. The molecule has 0 aromatic heterocycles. The number of esters is 1. The quantitative estimate of drug-likeness (QED) is 0.362. The minimum absolute atomic E-state index is 0.0348. The van der Waals surface area contributed by atoms with E-state index in [1.165, 1.54) is 44.9 Å². The summed E-state index contributed by atoms with van der Waals surface area (Å²) in [6.45, 7) is 10.8. The van der Waals surface area contributed by atoms with Gasteiger partial charge in [0.15, 0.2) is 5.79 Å². The number of carbonyl (C=O) groups is 1. The summed E-state index contributed by atoms with van der Waals surface area (Å²) in [6.07, 6.45) is 12.4. The van der Waals surface area contributed by atoms with Crippen LogP contribution >= 0.6 is 0 Å². The van der Waals surface area contributed by atoms with Crippen LogP contribution < -0.4 is 4.74 Å². The molecular formula is C35H50O5. The van der Waals surface area contributed by atoms with Crippen molar-refractivity contribution in [3.63, 3.8) is 0 Å². The van der Waals surface area contributed by atoms with Crippen molar-refractivity contribution in [2.45, 2.75) is 110 Å². The third-order valence-corrected chi connectivity index (χ3v) is 13.5. The van der Waals surface area contributed by atoms with Gasteiger partial charge in [-0.15, -0.1) is 0 Å². The van der Waals surface area contributed by atoms with Crippen molar-refractivity contribution in [2.24, 2.45) is 52.3 Å². The zero-order valence-corrected chi connectivity index (χ0v) is 25.3. The smallest absolute Gasteiger partial charge is 0.338 e. The van der Waals surface area contributed by atoms with Crippen molar-refractivity contribution < 1.29 is 23.7 Å². The minimum atomic E-state index is -0.321. The van der Waals surface area contributed by atoms with E-state index in [0.717, 1.165) is 49.4 Å². The molecular weight excluding hydrogens is 500 g/mol. The van der Waals surface area contributed by atoms with Crippen LogP contribution in [0.25, 0.3) is 0 Å². The molecule has 2 heterocycles. The molecule has 4 saturated carbocycles. The summed E-state index contributed by atoms with van der Waals surface area (Å²) in [5, 5.41) is 0. The van der Waals surface area contributed by atoms with E-state index in [9.17, 15) is 4.79 Å². The highest BCUT2D eigenvalue weighted by Gasteiger charge is 2.69. The van der Waals surface area contributed by atoms with E-state index in [1.807, 2.05) is 24.3 Å². The van der Waals surface area contributed by atoms with Crippen molar-refractivity contribution >= 4 is 5.97 Å². The van der Waals surface area contributed by atoms with Crippen molar-refractivity contribution in [3.8, 4) is 5.75 Å². The Morgan fingerprint density at radius 3 is 2.40 bits per heavy atom. The Hall–Kier alpha value is -1.59. The summed E-state index contributed by atoms with van der Waals surface area (Å²) in [6, 6.07) is 7.28. The molecule has 2 aliphatic heterocycles. The van der Waals surface area contributed by atoms with Gasteiger partial charge in [-0.05, 0) is 128 Å². The average molecular weight is 551 g/mol. The maximum atomic E-state index is 12.9. The third-order valence-electron chi connectivity index (χ3n) is 13.5. The second kappa shape index (κ2) is 9.73. The van der Waals surface area contributed by atoms with E-state index in [0.29, 0.717) is 46.2 Å². The van der Waals surface area contributed by atoms with Gasteiger partial charge in [-0.2, -0.15) is 0 Å². The molecule has 6 fully saturated rings. The van der Waals surface area contributed by atoms with E-state index >= 15 is 0 Å². The number of methoxy groups -OCH3 is 1. The monoisotopic (exact) mass is 550 g/mol. The van der Waals surface area contributed by atoms with Crippen LogP contribution in [0.1, 0.15) is 102 Å². The number of carbonyl (C=O) groups excluding carboxylic acids is 1. The molecule has 6 aliphatic rings. The van der Waals surface area contributed by atoms with Crippen LogP contribution in [0.2, 0.25) is 0 Å². The first kappa shape index (κ1) is 27.3. The Morgan fingerprint density at radius 1 is 0.900 bits per heavy atom. The highest BCUT2D eigenvalue weighted by molar-refractivity contribution is 5.89. The predicted octanol–water partition coefficient (Wildman–Crippen LogP) is 7.67. The van der Waals surface area contributed by atoms with Crippen LogP contribution in [0.3, 0.4) is 0 Å². The average Bonchev–Trinajstić information content (AvgIpc) is 3.40. The van der Waals surface area contributed by atoms with E-state index in [1.54, 1.807) is 7.11 Å². The van der Waals surface area contributed by atoms with Gasteiger partial charge in [-0.25, -0.2) is 4.79 Å². The lowest BCUT2D eigenvalue weighted by Crippen LogP contribution is -2.55. The van der Waals surface area contributed by atoms with Gasteiger partial charge in [0.05, 0.1) is 25.4 Å². The van der Waals surface area contributed by atoms with Crippen LogP contribution in [0.4, 0.5) is 0 Å². The second-order valence-corrected chi connectivity index (χ2v) is 15.2. The van der Waals surface area contributed by atoms with Gasteiger partial charge in [0.2, 0.25) is 0 Å². The molecule has 220 valence electrons. The zero-order valence-electron chi connectivity index (χ0n) is 25.3. The number of fused-ring (bicyclic) bond motifs is 7. The molecule has 0 amide bonds. The van der Waals surface area contributed by atoms with Crippen LogP contribution in [-0.2, 0) is 14.2 Å². The molecule has 5 nitrogen and oxygen atoms in total. The first-order valence-corrected chi connectivity index (χ1v) is 16.3. The first-order valence-electron chi connectivity index (χ1n) is 16.3.